The normalized spacial score (nSPS) is 16.5. The van der Waals surface area contributed by atoms with Gasteiger partial charge in [-0.3, -0.25) is 10.1 Å². The zero-order valence-corrected chi connectivity index (χ0v) is 20.8. The van der Waals surface area contributed by atoms with E-state index in [2.05, 4.69) is 11.8 Å². The van der Waals surface area contributed by atoms with Crippen LogP contribution in [-0.2, 0) is 14.8 Å². The molecule has 11 nitrogen and oxygen atoms in total. The number of nitrogens with two attached hydrogens (primary N) is 1. The van der Waals surface area contributed by atoms with Crippen molar-refractivity contribution in [1.29, 1.82) is 5.26 Å². The number of nitrogens with zero attached hydrogens (tertiary/aromatic N) is 3. The second-order valence-corrected chi connectivity index (χ2v) is 10.9. The van der Waals surface area contributed by atoms with Gasteiger partial charge in [-0.1, -0.05) is 25.1 Å². The van der Waals surface area contributed by atoms with Crippen LogP contribution in [0.5, 0.6) is 0 Å². The number of urea groups is 1. The van der Waals surface area contributed by atoms with Crippen molar-refractivity contribution in [2.24, 2.45) is 11.1 Å². The second kappa shape index (κ2) is 12.6. The summed E-state index contributed by atoms with van der Waals surface area (Å²) in [4.78, 5) is 20.7. The molecule has 2 aromatic rings. The minimum Gasteiger partial charge on any atom is -0.396 e. The average molecular weight is 524 g/mol. The molecule has 0 aliphatic carbocycles. The summed E-state index contributed by atoms with van der Waals surface area (Å²) in [5.41, 5.74) is 4.67. The fourth-order valence-electron chi connectivity index (χ4n) is 3.92. The van der Waals surface area contributed by atoms with Gasteiger partial charge in [0, 0.05) is 25.0 Å². The molecule has 0 radical (unpaired) electrons. The van der Waals surface area contributed by atoms with Gasteiger partial charge in [-0.2, -0.15) is 9.57 Å². The van der Waals surface area contributed by atoms with E-state index < -0.39 is 27.5 Å². The van der Waals surface area contributed by atoms with Gasteiger partial charge in [0.2, 0.25) is 6.41 Å². The number of primary amides is 1. The molecule has 1 aliphatic heterocycles. The summed E-state index contributed by atoms with van der Waals surface area (Å²) in [6.07, 6.45) is 0.636. The fraction of sp³-hybridized carbons (Fsp3) is 0.409. The number of anilines is 1. The Morgan fingerprint density at radius 3 is 2.46 bits per heavy atom. The van der Waals surface area contributed by atoms with Crippen LogP contribution in [0.2, 0.25) is 0 Å². The number of benzene rings is 1. The lowest BCUT2D eigenvalue weighted by Gasteiger charge is -2.49. The highest BCUT2D eigenvalue weighted by Gasteiger charge is 2.48. The number of para-hydroxylation sites is 1. The molecule has 1 aromatic carbocycles. The minimum atomic E-state index is -3.76. The van der Waals surface area contributed by atoms with Crippen molar-refractivity contribution >= 4 is 39.5 Å². The molecule has 3 amide bonds. The molecule has 13 heteroatoms. The standard InChI is InChI=1S/C20H25N3O4S2.C2H4N2O2/c1-2-20(14-24,15-25)18-13-22(17-7-4-3-6-16(17)12-21)9-10-23(18)29(26,27)19-8-5-11-28-19;3-2(6)4-1-5/h3-8,11,18,24-25H,2,9-10,13-15H2,1H3;1H,(H3,3,4,5,6). The number of sulfonamides is 1. The van der Waals surface area contributed by atoms with Gasteiger partial charge in [0.1, 0.15) is 10.3 Å². The Kier molecular flexibility index (Phi) is 10.2. The van der Waals surface area contributed by atoms with Crippen LogP contribution >= 0.6 is 11.3 Å². The molecule has 1 atom stereocenters. The zero-order valence-electron chi connectivity index (χ0n) is 19.2. The first-order valence-electron chi connectivity index (χ1n) is 10.7. The summed E-state index contributed by atoms with van der Waals surface area (Å²) < 4.78 is 28.3. The van der Waals surface area contributed by atoms with Crippen molar-refractivity contribution < 1.29 is 28.2 Å². The summed E-state index contributed by atoms with van der Waals surface area (Å²) in [6, 6.07) is 11.2. The fourth-order valence-corrected chi connectivity index (χ4v) is 6.74. The van der Waals surface area contributed by atoms with Gasteiger partial charge in [0.05, 0.1) is 30.5 Å². The first kappa shape index (κ1) is 28.2. The third kappa shape index (κ3) is 6.36. The first-order chi connectivity index (χ1) is 16.7. The number of aliphatic hydroxyl groups is 2. The highest BCUT2D eigenvalue weighted by Crippen LogP contribution is 2.37. The summed E-state index contributed by atoms with van der Waals surface area (Å²) in [7, 11) is -3.76. The molecule has 1 aliphatic rings. The smallest absolute Gasteiger partial charge is 0.318 e. The minimum absolute atomic E-state index is 0.201. The van der Waals surface area contributed by atoms with E-state index in [9.17, 15) is 33.5 Å². The molecule has 1 fully saturated rings. The summed E-state index contributed by atoms with van der Waals surface area (Å²) in [5.74, 6) is 0. The largest absolute Gasteiger partial charge is 0.396 e. The number of hydrogen-bond acceptors (Lipinski definition) is 9. The highest BCUT2D eigenvalue weighted by atomic mass is 32.2. The van der Waals surface area contributed by atoms with Crippen molar-refractivity contribution in [3.05, 3.63) is 47.3 Å². The van der Waals surface area contributed by atoms with Gasteiger partial charge in [0.15, 0.2) is 0 Å². The maximum absolute atomic E-state index is 13.3. The van der Waals surface area contributed by atoms with Gasteiger partial charge in [-0.05, 0) is 30.0 Å². The van der Waals surface area contributed by atoms with E-state index in [0.717, 1.165) is 17.0 Å². The van der Waals surface area contributed by atoms with Crippen LogP contribution in [0.25, 0.3) is 0 Å². The quantitative estimate of drug-likeness (QED) is 0.365. The summed E-state index contributed by atoms with van der Waals surface area (Å²) in [5, 5.41) is 33.1. The van der Waals surface area contributed by atoms with Crippen LogP contribution in [0, 0.1) is 16.7 Å². The molecule has 1 unspecified atom stereocenters. The van der Waals surface area contributed by atoms with Gasteiger partial charge in [0.25, 0.3) is 10.0 Å². The van der Waals surface area contributed by atoms with E-state index in [-0.39, 0.29) is 36.9 Å². The number of nitrogens with one attached hydrogen (secondary N) is 1. The lowest BCUT2D eigenvalue weighted by atomic mass is 9.78. The molecule has 1 saturated heterocycles. The Labute approximate surface area is 208 Å². The lowest BCUT2D eigenvalue weighted by molar-refractivity contribution is -0.108. The lowest BCUT2D eigenvalue weighted by Crippen LogP contribution is -2.63. The number of nitriles is 1. The van der Waals surface area contributed by atoms with E-state index in [0.29, 0.717) is 18.5 Å². The van der Waals surface area contributed by atoms with Gasteiger partial charge in [-0.15, -0.1) is 11.3 Å². The number of thiophene rings is 1. The van der Waals surface area contributed by atoms with E-state index in [4.69, 9.17) is 0 Å². The molecular weight excluding hydrogens is 494 g/mol. The van der Waals surface area contributed by atoms with Crippen LogP contribution in [0.15, 0.2) is 46.0 Å². The maximum atomic E-state index is 13.3. The molecule has 0 saturated carbocycles. The Morgan fingerprint density at radius 2 is 1.97 bits per heavy atom. The van der Waals surface area contributed by atoms with Crippen molar-refractivity contribution in [3.63, 3.8) is 0 Å². The average Bonchev–Trinajstić information content (AvgIpc) is 3.42. The summed E-state index contributed by atoms with van der Waals surface area (Å²) in [6.45, 7) is 2.05. The molecule has 0 bridgehead atoms. The molecule has 190 valence electrons. The third-order valence-electron chi connectivity index (χ3n) is 6.00. The molecular formula is C22H29N5O6S2. The van der Waals surface area contributed by atoms with Gasteiger partial charge >= 0.3 is 6.03 Å². The van der Waals surface area contributed by atoms with E-state index in [1.807, 2.05) is 24.0 Å². The Hall–Kier alpha value is -3.02. The van der Waals surface area contributed by atoms with Crippen LogP contribution in [0.4, 0.5) is 10.5 Å². The number of aliphatic hydroxyl groups excluding tert-OH is 2. The van der Waals surface area contributed by atoms with Crippen LogP contribution in [0.3, 0.4) is 0 Å². The monoisotopic (exact) mass is 523 g/mol. The van der Waals surface area contributed by atoms with E-state index in [1.165, 1.54) is 4.31 Å². The van der Waals surface area contributed by atoms with Crippen LogP contribution < -0.4 is 16.0 Å². The first-order valence-corrected chi connectivity index (χ1v) is 13.0. The van der Waals surface area contributed by atoms with Crippen molar-refractivity contribution in [3.8, 4) is 6.07 Å². The van der Waals surface area contributed by atoms with Crippen LogP contribution in [-0.4, -0.2) is 74.3 Å². The SMILES string of the molecule is CCC(CO)(CO)C1CN(c2ccccc2C#N)CCN1S(=O)(=O)c1cccs1.NC(=O)NC=O. The number of carbonyl (C=O) groups is 2. The maximum Gasteiger partial charge on any atom is 0.318 e. The third-order valence-corrected chi connectivity index (χ3v) is 9.28. The Bertz CT molecular complexity index is 1120. The number of carbonyl (C=O) groups excluding carboxylic acids is 2. The summed E-state index contributed by atoms with van der Waals surface area (Å²) >= 11 is 1.15. The van der Waals surface area contributed by atoms with Gasteiger partial charge in [-0.25, -0.2) is 13.2 Å². The van der Waals surface area contributed by atoms with Crippen molar-refractivity contribution in [2.45, 2.75) is 23.6 Å². The molecule has 3 rings (SSSR count). The van der Waals surface area contributed by atoms with Crippen LogP contribution in [0.1, 0.15) is 18.9 Å². The Morgan fingerprint density at radius 1 is 1.29 bits per heavy atom. The molecule has 2 heterocycles. The number of amides is 3. The molecule has 1 aromatic heterocycles. The number of hydrogen-bond donors (Lipinski definition) is 4. The predicted molar refractivity (Wildman–Crippen MR) is 131 cm³/mol. The topological polar surface area (TPSA) is 177 Å². The highest BCUT2D eigenvalue weighted by molar-refractivity contribution is 7.91. The molecule has 35 heavy (non-hydrogen) atoms. The number of rotatable bonds is 8. The van der Waals surface area contributed by atoms with Crippen molar-refractivity contribution in [1.82, 2.24) is 9.62 Å². The van der Waals surface area contributed by atoms with Crippen molar-refractivity contribution in [2.75, 3.05) is 37.7 Å². The van der Waals surface area contributed by atoms with Gasteiger partial charge < -0.3 is 20.8 Å². The predicted octanol–water partition coefficient (Wildman–Crippen LogP) is 0.691. The van der Waals surface area contributed by atoms with E-state index in [1.54, 1.807) is 35.0 Å². The zero-order chi connectivity index (χ0) is 26.1. The van der Waals surface area contributed by atoms with E-state index >= 15 is 0 Å². The molecule has 5 N–H and O–H groups in total. The number of piperazine rings is 1. The molecule has 0 spiro atoms. The second-order valence-electron chi connectivity index (χ2n) is 7.80. The number of imide groups is 1. The Balaban J connectivity index is 0.000000641.